The van der Waals surface area contributed by atoms with Crippen LogP contribution in [0.4, 0.5) is 13.2 Å². The Kier molecular flexibility index (Phi) is 3.69. The molecule has 1 rings (SSSR count). The summed E-state index contributed by atoms with van der Waals surface area (Å²) in [6, 6.07) is -1.97. The van der Waals surface area contributed by atoms with Crippen molar-refractivity contribution >= 4 is 23.2 Å². The van der Waals surface area contributed by atoms with E-state index < -0.39 is 28.2 Å². The van der Waals surface area contributed by atoms with E-state index in [1.807, 2.05) is 0 Å². The van der Waals surface area contributed by atoms with Crippen LogP contribution in [0.25, 0.3) is 0 Å². The number of halogens is 5. The third kappa shape index (κ3) is 2.41. The summed E-state index contributed by atoms with van der Waals surface area (Å²) in [4.78, 5) is 7.57. The number of nitrogens with zero attached hydrogens (tertiary/aromatic N) is 1. The Labute approximate surface area is 97.8 Å². The highest BCUT2D eigenvalue weighted by atomic mass is 35.5. The molecule has 90 valence electrons. The lowest BCUT2D eigenvalue weighted by Crippen LogP contribution is -2.53. The van der Waals surface area contributed by atoms with Gasteiger partial charge < -0.3 is 0 Å². The first-order chi connectivity index (χ1) is 7.27. The molecule has 0 aromatic heterocycles. The molecular weight excluding hydrogens is 272 g/mol. The second kappa shape index (κ2) is 4.50. The zero-order chi connectivity index (χ0) is 12.5. The lowest BCUT2D eigenvalue weighted by molar-refractivity contribution is -0.550. The van der Waals surface area contributed by atoms with E-state index >= 15 is 0 Å². The first kappa shape index (κ1) is 13.1. The molecule has 0 aliphatic heterocycles. The first-order valence-electron chi connectivity index (χ1n) is 3.90. The fraction of sp³-hybridized carbons (Fsp3) is 0.429. The Hall–Kier alpha value is -0.950. The van der Waals surface area contributed by atoms with Crippen molar-refractivity contribution in [2.24, 2.45) is 0 Å². The maximum absolute atomic E-state index is 13.3. The van der Waals surface area contributed by atoms with Gasteiger partial charge in [0.2, 0.25) is 0 Å². The molecule has 2 unspecified atom stereocenters. The summed E-state index contributed by atoms with van der Waals surface area (Å²) in [5, 5.41) is 8.66. The van der Waals surface area contributed by atoms with Gasteiger partial charge in [-0.15, -0.1) is 17.0 Å². The van der Waals surface area contributed by atoms with Crippen molar-refractivity contribution in [2.45, 2.75) is 17.3 Å². The molecule has 1 aliphatic carbocycles. The Balaban J connectivity index is 3.12. The van der Waals surface area contributed by atoms with E-state index in [0.29, 0.717) is 12.2 Å². The predicted molar refractivity (Wildman–Crippen MR) is 51.6 cm³/mol. The van der Waals surface area contributed by atoms with E-state index in [-0.39, 0.29) is 5.03 Å². The highest BCUT2D eigenvalue weighted by molar-refractivity contribution is 6.33. The Morgan fingerprint density at radius 2 is 2.19 bits per heavy atom. The molecular formula is C7H5Cl2F3N2O2. The number of hydrogen-bond acceptors (Lipinski definition) is 2. The minimum absolute atomic E-state index is 0.339. The van der Waals surface area contributed by atoms with Crippen molar-refractivity contribution in [1.82, 2.24) is 5.43 Å². The Morgan fingerprint density at radius 1 is 1.62 bits per heavy atom. The van der Waals surface area contributed by atoms with Gasteiger partial charge in [0.05, 0.1) is 0 Å². The van der Waals surface area contributed by atoms with E-state index in [9.17, 15) is 23.3 Å². The van der Waals surface area contributed by atoms with Crippen molar-refractivity contribution in [3.8, 4) is 0 Å². The quantitative estimate of drug-likeness (QED) is 0.489. The molecule has 0 saturated carbocycles. The average Bonchev–Trinajstić information content (AvgIpc) is 2.10. The smallest absolute Gasteiger partial charge is 0.235 e. The van der Waals surface area contributed by atoms with Gasteiger partial charge >= 0.3 is 0 Å². The number of hydrazine groups is 1. The lowest BCUT2D eigenvalue weighted by Gasteiger charge is -2.31. The number of hydrogen-bond donors (Lipinski definition) is 1. The summed E-state index contributed by atoms with van der Waals surface area (Å²) in [6.45, 7) is 0. The molecule has 9 heteroatoms. The number of alkyl halides is 3. The van der Waals surface area contributed by atoms with Gasteiger partial charge in [0.15, 0.2) is 15.9 Å². The summed E-state index contributed by atoms with van der Waals surface area (Å²) in [5.41, 5.74) is 1.39. The van der Waals surface area contributed by atoms with Gasteiger partial charge in [0.1, 0.15) is 5.83 Å². The molecule has 4 nitrogen and oxygen atoms in total. The molecule has 1 N–H and O–H groups in total. The van der Waals surface area contributed by atoms with Crippen molar-refractivity contribution in [1.29, 1.82) is 0 Å². The fourth-order valence-corrected chi connectivity index (χ4v) is 1.83. The van der Waals surface area contributed by atoms with Crippen LogP contribution in [0, 0.1) is 10.1 Å². The largest absolute Gasteiger partial charge is 0.263 e. The molecule has 0 heterocycles. The van der Waals surface area contributed by atoms with E-state index in [2.05, 4.69) is 0 Å². The molecule has 0 spiro atoms. The molecule has 0 saturated heterocycles. The Morgan fingerprint density at radius 3 is 2.62 bits per heavy atom. The summed E-state index contributed by atoms with van der Waals surface area (Å²) in [6.07, 6.45) is -1.86. The Bertz CT molecular complexity index is 375. The number of allylic oxidation sites excluding steroid dienone is 2. The monoisotopic (exact) mass is 276 g/mol. The van der Waals surface area contributed by atoms with Crippen molar-refractivity contribution < 1.29 is 18.2 Å². The zero-order valence-electron chi connectivity index (χ0n) is 7.46. The van der Waals surface area contributed by atoms with Crippen LogP contribution in [0.1, 0.15) is 0 Å². The number of rotatable bonds is 3. The molecule has 0 radical (unpaired) electrons. The molecule has 0 aromatic rings. The minimum atomic E-state index is -3.22. The summed E-state index contributed by atoms with van der Waals surface area (Å²) < 4.78 is 38.6. The third-order valence-electron chi connectivity index (χ3n) is 1.92. The van der Waals surface area contributed by atoms with Gasteiger partial charge in [-0.1, -0.05) is 11.6 Å². The third-order valence-corrected chi connectivity index (χ3v) is 2.63. The normalized spacial score (nSPS) is 29.8. The molecule has 16 heavy (non-hydrogen) atoms. The van der Waals surface area contributed by atoms with Gasteiger partial charge in [-0.3, -0.25) is 0 Å². The second-order valence-electron chi connectivity index (χ2n) is 3.01. The standard InChI is InChI=1S/C7H5Cl2F3N2O2/c8-3-1-4(10)5(13-14(15)16)7(9,2-3)6(11)12/h1-2,5-6,13H. The highest BCUT2D eigenvalue weighted by Gasteiger charge is 2.50. The maximum Gasteiger partial charge on any atom is 0.263 e. The SMILES string of the molecule is O=[N+]([O-])NC1C(F)=CC(Cl)=CC1(Cl)C(F)F. The minimum Gasteiger partial charge on any atom is -0.235 e. The van der Waals surface area contributed by atoms with E-state index in [4.69, 9.17) is 23.2 Å². The zero-order valence-corrected chi connectivity index (χ0v) is 8.97. The van der Waals surface area contributed by atoms with E-state index in [1.54, 1.807) is 0 Å². The van der Waals surface area contributed by atoms with Crippen LogP contribution < -0.4 is 5.43 Å². The van der Waals surface area contributed by atoms with Crippen LogP contribution in [0.2, 0.25) is 0 Å². The van der Waals surface area contributed by atoms with Crippen LogP contribution in [-0.2, 0) is 0 Å². The van der Waals surface area contributed by atoms with Gasteiger partial charge in [0, 0.05) is 5.03 Å². The highest BCUT2D eigenvalue weighted by Crippen LogP contribution is 2.39. The average molecular weight is 277 g/mol. The summed E-state index contributed by atoms with van der Waals surface area (Å²) >= 11 is 10.8. The molecule has 1 aliphatic rings. The van der Waals surface area contributed by atoms with Crippen molar-refractivity contribution in [3.05, 3.63) is 33.1 Å². The van der Waals surface area contributed by atoms with Gasteiger partial charge in [-0.05, 0) is 12.2 Å². The van der Waals surface area contributed by atoms with E-state index in [0.717, 1.165) is 0 Å². The topological polar surface area (TPSA) is 55.2 Å². The number of nitrogens with one attached hydrogen (secondary N) is 1. The molecule has 0 amide bonds. The van der Waals surface area contributed by atoms with Crippen LogP contribution in [0.3, 0.4) is 0 Å². The van der Waals surface area contributed by atoms with Crippen LogP contribution in [-0.4, -0.2) is 22.4 Å². The maximum atomic E-state index is 13.3. The van der Waals surface area contributed by atoms with Gasteiger partial charge in [-0.25, -0.2) is 23.3 Å². The van der Waals surface area contributed by atoms with Crippen molar-refractivity contribution in [2.75, 3.05) is 0 Å². The first-order valence-corrected chi connectivity index (χ1v) is 4.66. The summed E-state index contributed by atoms with van der Waals surface area (Å²) in [5.74, 6) is -1.22. The van der Waals surface area contributed by atoms with Crippen LogP contribution in [0.15, 0.2) is 23.0 Å². The predicted octanol–water partition coefficient (Wildman–Crippen LogP) is 2.37. The number of nitro groups is 1. The molecule has 0 fully saturated rings. The molecule has 2 atom stereocenters. The lowest BCUT2D eigenvalue weighted by atomic mass is 9.94. The van der Waals surface area contributed by atoms with E-state index in [1.165, 1.54) is 5.43 Å². The molecule has 0 aromatic carbocycles. The second-order valence-corrected chi connectivity index (χ2v) is 4.10. The fourth-order valence-electron chi connectivity index (χ4n) is 1.22. The molecule has 0 bridgehead atoms. The van der Waals surface area contributed by atoms with Crippen LogP contribution in [0.5, 0.6) is 0 Å². The van der Waals surface area contributed by atoms with Crippen molar-refractivity contribution in [3.63, 3.8) is 0 Å². The van der Waals surface area contributed by atoms with Crippen LogP contribution >= 0.6 is 23.2 Å². The van der Waals surface area contributed by atoms with Gasteiger partial charge in [-0.2, -0.15) is 0 Å². The van der Waals surface area contributed by atoms with Gasteiger partial charge in [0.25, 0.3) is 6.43 Å². The summed E-state index contributed by atoms with van der Waals surface area (Å²) in [7, 11) is 0.